The van der Waals surface area contributed by atoms with Gasteiger partial charge in [-0.25, -0.2) is 4.79 Å². The van der Waals surface area contributed by atoms with Gasteiger partial charge in [0.05, 0.1) is 18.8 Å². The fourth-order valence-corrected chi connectivity index (χ4v) is 2.98. The van der Waals surface area contributed by atoms with Crippen LogP contribution in [0, 0.1) is 0 Å². The maximum absolute atomic E-state index is 12.4. The monoisotopic (exact) mass is 383 g/mol. The SMILES string of the molecule is CNc1ccccc1C(=O)O[C@H](C)C(=O)Nc1ccc(N2CCOCC2)cc1. The van der Waals surface area contributed by atoms with E-state index in [0.29, 0.717) is 16.9 Å². The maximum Gasteiger partial charge on any atom is 0.341 e. The van der Waals surface area contributed by atoms with Crippen molar-refractivity contribution in [2.45, 2.75) is 13.0 Å². The van der Waals surface area contributed by atoms with Gasteiger partial charge >= 0.3 is 5.97 Å². The van der Waals surface area contributed by atoms with Crippen molar-refractivity contribution in [1.82, 2.24) is 0 Å². The molecular weight excluding hydrogens is 358 g/mol. The molecule has 0 unspecified atom stereocenters. The standard InChI is InChI=1S/C21H25N3O4/c1-15(28-21(26)18-5-3-4-6-19(18)22-2)20(25)23-16-7-9-17(10-8-16)24-11-13-27-14-12-24/h3-10,15,22H,11-14H2,1-2H3,(H,23,25)/t15-/m1/s1. The molecule has 0 saturated carbocycles. The molecule has 28 heavy (non-hydrogen) atoms. The molecule has 7 heteroatoms. The van der Waals surface area contributed by atoms with E-state index in [1.165, 1.54) is 0 Å². The molecule has 0 aromatic heterocycles. The normalized spacial score (nSPS) is 14.9. The summed E-state index contributed by atoms with van der Waals surface area (Å²) < 4.78 is 10.7. The number of benzene rings is 2. The highest BCUT2D eigenvalue weighted by atomic mass is 16.5. The molecular formula is C21H25N3O4. The Morgan fingerprint density at radius 1 is 1.07 bits per heavy atom. The smallest absolute Gasteiger partial charge is 0.341 e. The van der Waals surface area contributed by atoms with E-state index in [0.717, 1.165) is 32.0 Å². The average Bonchev–Trinajstić information content (AvgIpc) is 2.74. The summed E-state index contributed by atoms with van der Waals surface area (Å²) in [6.45, 7) is 4.70. The molecule has 1 fully saturated rings. The number of morpholine rings is 1. The summed E-state index contributed by atoms with van der Waals surface area (Å²) in [5, 5.41) is 5.72. The van der Waals surface area contributed by atoms with Gasteiger partial charge in [0.25, 0.3) is 5.91 Å². The van der Waals surface area contributed by atoms with Crippen LogP contribution in [0.25, 0.3) is 0 Å². The highest BCUT2D eigenvalue weighted by Gasteiger charge is 2.21. The fraction of sp³-hybridized carbons (Fsp3) is 0.333. The van der Waals surface area contributed by atoms with Gasteiger partial charge in [-0.1, -0.05) is 12.1 Å². The Hall–Kier alpha value is -3.06. The van der Waals surface area contributed by atoms with Gasteiger partial charge in [-0.15, -0.1) is 0 Å². The van der Waals surface area contributed by atoms with Crippen molar-refractivity contribution < 1.29 is 19.1 Å². The van der Waals surface area contributed by atoms with Gasteiger partial charge in [-0.2, -0.15) is 0 Å². The summed E-state index contributed by atoms with van der Waals surface area (Å²) >= 11 is 0. The van der Waals surface area contributed by atoms with Crippen molar-refractivity contribution in [3.63, 3.8) is 0 Å². The Balaban J connectivity index is 1.57. The Morgan fingerprint density at radius 3 is 2.43 bits per heavy atom. The van der Waals surface area contributed by atoms with E-state index >= 15 is 0 Å². The van der Waals surface area contributed by atoms with Crippen LogP contribution in [0.3, 0.4) is 0 Å². The number of amides is 1. The molecule has 1 heterocycles. The number of hydrogen-bond acceptors (Lipinski definition) is 6. The van der Waals surface area contributed by atoms with Gasteiger partial charge in [0.15, 0.2) is 6.10 Å². The molecule has 1 aliphatic rings. The molecule has 1 saturated heterocycles. The lowest BCUT2D eigenvalue weighted by Crippen LogP contribution is -2.36. The maximum atomic E-state index is 12.4. The summed E-state index contributed by atoms with van der Waals surface area (Å²) in [4.78, 5) is 27.0. The van der Waals surface area contributed by atoms with E-state index < -0.39 is 12.1 Å². The molecule has 0 radical (unpaired) electrons. The lowest BCUT2D eigenvalue weighted by atomic mass is 10.2. The predicted octanol–water partition coefficient (Wildman–Crippen LogP) is 2.75. The Kier molecular flexibility index (Phi) is 6.49. The number of rotatable bonds is 6. The first kappa shape index (κ1) is 19.7. The van der Waals surface area contributed by atoms with Crippen LogP contribution in [-0.2, 0) is 14.3 Å². The minimum absolute atomic E-state index is 0.380. The minimum atomic E-state index is -0.920. The summed E-state index contributed by atoms with van der Waals surface area (Å²) in [6.07, 6.45) is -0.920. The molecule has 0 spiro atoms. The quantitative estimate of drug-likeness (QED) is 0.747. The van der Waals surface area contributed by atoms with Crippen molar-refractivity contribution in [3.8, 4) is 0 Å². The Labute approximate surface area is 164 Å². The second kappa shape index (κ2) is 9.23. The molecule has 2 N–H and O–H groups in total. The molecule has 2 aromatic rings. The zero-order chi connectivity index (χ0) is 19.9. The molecule has 3 rings (SSSR count). The topological polar surface area (TPSA) is 79.9 Å². The van der Waals surface area contributed by atoms with Crippen LogP contribution in [-0.4, -0.2) is 51.3 Å². The van der Waals surface area contributed by atoms with E-state index in [2.05, 4.69) is 15.5 Å². The highest BCUT2D eigenvalue weighted by Crippen LogP contribution is 2.20. The first-order valence-electron chi connectivity index (χ1n) is 9.30. The van der Waals surface area contributed by atoms with E-state index in [4.69, 9.17) is 9.47 Å². The third kappa shape index (κ3) is 4.80. The molecule has 2 aromatic carbocycles. The zero-order valence-corrected chi connectivity index (χ0v) is 16.1. The number of esters is 1. The number of nitrogens with one attached hydrogen (secondary N) is 2. The highest BCUT2D eigenvalue weighted by molar-refractivity contribution is 5.99. The van der Waals surface area contributed by atoms with Crippen LogP contribution in [0.2, 0.25) is 0 Å². The first-order chi connectivity index (χ1) is 13.6. The van der Waals surface area contributed by atoms with Crippen LogP contribution < -0.4 is 15.5 Å². The second-order valence-electron chi connectivity index (χ2n) is 6.48. The number of nitrogens with zero attached hydrogens (tertiary/aromatic N) is 1. The van der Waals surface area contributed by atoms with Crippen LogP contribution in [0.5, 0.6) is 0 Å². The van der Waals surface area contributed by atoms with Gasteiger partial charge in [0.2, 0.25) is 0 Å². The number of carbonyl (C=O) groups is 2. The van der Waals surface area contributed by atoms with Gasteiger partial charge in [0, 0.05) is 37.2 Å². The number of anilines is 3. The minimum Gasteiger partial charge on any atom is -0.449 e. The number of para-hydroxylation sites is 1. The number of carbonyl (C=O) groups excluding carboxylic acids is 2. The molecule has 7 nitrogen and oxygen atoms in total. The fourth-order valence-electron chi connectivity index (χ4n) is 2.98. The van der Waals surface area contributed by atoms with Crippen LogP contribution in [0.1, 0.15) is 17.3 Å². The van der Waals surface area contributed by atoms with E-state index in [1.54, 1.807) is 32.2 Å². The third-order valence-electron chi connectivity index (χ3n) is 4.58. The van der Waals surface area contributed by atoms with Crippen molar-refractivity contribution >= 4 is 28.9 Å². The van der Waals surface area contributed by atoms with Crippen molar-refractivity contribution in [2.75, 3.05) is 48.9 Å². The zero-order valence-electron chi connectivity index (χ0n) is 16.1. The van der Waals surface area contributed by atoms with Gasteiger partial charge in [0.1, 0.15) is 0 Å². The predicted molar refractivity (Wildman–Crippen MR) is 109 cm³/mol. The van der Waals surface area contributed by atoms with Crippen molar-refractivity contribution in [1.29, 1.82) is 0 Å². The molecule has 1 aliphatic heterocycles. The van der Waals surface area contributed by atoms with Gasteiger partial charge in [-0.05, 0) is 43.3 Å². The summed E-state index contributed by atoms with van der Waals surface area (Å²) in [5.74, 6) is -0.926. The summed E-state index contributed by atoms with van der Waals surface area (Å²) in [7, 11) is 1.73. The van der Waals surface area contributed by atoms with Crippen molar-refractivity contribution in [3.05, 3.63) is 54.1 Å². The third-order valence-corrected chi connectivity index (χ3v) is 4.58. The summed E-state index contributed by atoms with van der Waals surface area (Å²) in [6, 6.07) is 14.6. The van der Waals surface area contributed by atoms with Gasteiger partial charge < -0.3 is 25.0 Å². The summed E-state index contributed by atoms with van der Waals surface area (Å²) in [5.41, 5.74) is 2.78. The first-order valence-corrected chi connectivity index (χ1v) is 9.30. The second-order valence-corrected chi connectivity index (χ2v) is 6.48. The Morgan fingerprint density at radius 2 is 1.75 bits per heavy atom. The van der Waals surface area contributed by atoms with E-state index in [9.17, 15) is 9.59 Å². The lowest BCUT2D eigenvalue weighted by molar-refractivity contribution is -0.123. The van der Waals surface area contributed by atoms with E-state index in [1.807, 2.05) is 30.3 Å². The molecule has 148 valence electrons. The molecule has 0 aliphatic carbocycles. The van der Waals surface area contributed by atoms with Crippen LogP contribution in [0.4, 0.5) is 17.1 Å². The molecule has 1 amide bonds. The van der Waals surface area contributed by atoms with E-state index in [-0.39, 0.29) is 5.91 Å². The number of ether oxygens (including phenoxy) is 2. The van der Waals surface area contributed by atoms with Gasteiger partial charge in [-0.3, -0.25) is 4.79 Å². The largest absolute Gasteiger partial charge is 0.449 e. The molecule has 0 bridgehead atoms. The number of hydrogen-bond donors (Lipinski definition) is 2. The lowest BCUT2D eigenvalue weighted by Gasteiger charge is -2.28. The van der Waals surface area contributed by atoms with Crippen molar-refractivity contribution in [2.24, 2.45) is 0 Å². The Bertz CT molecular complexity index is 817. The van der Waals surface area contributed by atoms with Crippen LogP contribution in [0.15, 0.2) is 48.5 Å². The molecule has 1 atom stereocenters. The van der Waals surface area contributed by atoms with Crippen LogP contribution >= 0.6 is 0 Å². The average molecular weight is 383 g/mol.